The van der Waals surface area contributed by atoms with Gasteiger partial charge in [-0.05, 0) is 69.4 Å². The third-order valence-electron chi connectivity index (χ3n) is 4.39. The SMILES string of the molecule is COc1cccc(C(=O)NCCCCN2CCC(C)CC2)c1. The zero-order valence-corrected chi connectivity index (χ0v) is 13.8. The minimum atomic E-state index is -0.0225. The first-order valence-corrected chi connectivity index (χ1v) is 8.33. The number of methoxy groups -OCH3 is 1. The summed E-state index contributed by atoms with van der Waals surface area (Å²) >= 11 is 0. The molecule has 0 bridgehead atoms. The summed E-state index contributed by atoms with van der Waals surface area (Å²) in [6.45, 7) is 6.70. The van der Waals surface area contributed by atoms with Gasteiger partial charge in [-0.1, -0.05) is 13.0 Å². The highest BCUT2D eigenvalue weighted by molar-refractivity contribution is 5.94. The lowest BCUT2D eigenvalue weighted by Gasteiger charge is -2.30. The molecule has 1 aromatic rings. The van der Waals surface area contributed by atoms with E-state index in [9.17, 15) is 4.79 Å². The fourth-order valence-corrected chi connectivity index (χ4v) is 2.81. The second-order valence-electron chi connectivity index (χ2n) is 6.22. The summed E-state index contributed by atoms with van der Waals surface area (Å²) in [4.78, 5) is 14.6. The monoisotopic (exact) mass is 304 g/mol. The number of amides is 1. The van der Waals surface area contributed by atoms with Gasteiger partial charge in [-0.3, -0.25) is 4.79 Å². The van der Waals surface area contributed by atoms with Gasteiger partial charge in [0.1, 0.15) is 5.75 Å². The van der Waals surface area contributed by atoms with E-state index in [-0.39, 0.29) is 5.91 Å². The van der Waals surface area contributed by atoms with Crippen molar-refractivity contribution in [2.24, 2.45) is 5.92 Å². The van der Waals surface area contributed by atoms with E-state index in [4.69, 9.17) is 4.74 Å². The van der Waals surface area contributed by atoms with Crippen LogP contribution in [0.1, 0.15) is 43.0 Å². The Morgan fingerprint density at radius 3 is 2.82 bits per heavy atom. The highest BCUT2D eigenvalue weighted by Gasteiger charge is 2.14. The molecule has 4 heteroatoms. The molecule has 1 N–H and O–H groups in total. The number of piperidine rings is 1. The van der Waals surface area contributed by atoms with Crippen LogP contribution in [0.2, 0.25) is 0 Å². The standard InChI is InChI=1S/C18H28N2O2/c1-15-8-12-20(13-9-15)11-4-3-10-19-18(21)16-6-5-7-17(14-16)22-2/h5-7,14-15H,3-4,8-13H2,1-2H3,(H,19,21). The lowest BCUT2D eigenvalue weighted by Crippen LogP contribution is -2.34. The Bertz CT molecular complexity index is 468. The molecule has 122 valence electrons. The molecule has 0 unspecified atom stereocenters. The van der Waals surface area contributed by atoms with Crippen molar-refractivity contribution in [2.45, 2.75) is 32.6 Å². The van der Waals surface area contributed by atoms with Gasteiger partial charge in [0, 0.05) is 12.1 Å². The summed E-state index contributed by atoms with van der Waals surface area (Å²) in [5, 5.41) is 2.98. The third kappa shape index (κ3) is 5.34. The zero-order valence-electron chi connectivity index (χ0n) is 13.8. The second-order valence-corrected chi connectivity index (χ2v) is 6.22. The van der Waals surface area contributed by atoms with E-state index in [1.165, 1.54) is 25.9 Å². The lowest BCUT2D eigenvalue weighted by molar-refractivity contribution is 0.0952. The first-order valence-electron chi connectivity index (χ1n) is 8.33. The number of hydrogen-bond acceptors (Lipinski definition) is 3. The molecule has 0 spiro atoms. The topological polar surface area (TPSA) is 41.6 Å². The quantitative estimate of drug-likeness (QED) is 0.788. The molecule has 1 fully saturated rings. The van der Waals surface area contributed by atoms with Gasteiger partial charge in [-0.2, -0.15) is 0 Å². The highest BCUT2D eigenvalue weighted by Crippen LogP contribution is 2.16. The molecule has 4 nitrogen and oxygen atoms in total. The van der Waals surface area contributed by atoms with E-state index in [2.05, 4.69) is 17.1 Å². The van der Waals surface area contributed by atoms with E-state index in [0.717, 1.165) is 31.8 Å². The summed E-state index contributed by atoms with van der Waals surface area (Å²) in [5.74, 6) is 1.58. The molecular weight excluding hydrogens is 276 g/mol. The largest absolute Gasteiger partial charge is 0.497 e. The smallest absolute Gasteiger partial charge is 0.251 e. The number of ether oxygens (including phenoxy) is 1. The van der Waals surface area contributed by atoms with Crippen LogP contribution in [0, 0.1) is 5.92 Å². The van der Waals surface area contributed by atoms with Gasteiger partial charge in [0.05, 0.1) is 7.11 Å². The number of hydrogen-bond donors (Lipinski definition) is 1. The van der Waals surface area contributed by atoms with Crippen LogP contribution in [-0.2, 0) is 0 Å². The molecule has 0 radical (unpaired) electrons. The maximum Gasteiger partial charge on any atom is 0.251 e. The first kappa shape index (κ1) is 16.8. The van der Waals surface area contributed by atoms with Gasteiger partial charge < -0.3 is 15.0 Å². The summed E-state index contributed by atoms with van der Waals surface area (Å²) in [7, 11) is 1.61. The predicted octanol–water partition coefficient (Wildman–Crippen LogP) is 2.94. The van der Waals surface area contributed by atoms with Gasteiger partial charge in [0.15, 0.2) is 0 Å². The fraction of sp³-hybridized carbons (Fsp3) is 0.611. The van der Waals surface area contributed by atoms with Crippen molar-refractivity contribution in [3.63, 3.8) is 0 Å². The Balaban J connectivity index is 1.61. The molecule has 1 aliphatic heterocycles. The van der Waals surface area contributed by atoms with Crippen molar-refractivity contribution in [1.29, 1.82) is 0 Å². The molecule has 2 rings (SSSR count). The number of nitrogens with zero attached hydrogens (tertiary/aromatic N) is 1. The Hall–Kier alpha value is -1.55. The van der Waals surface area contributed by atoms with Crippen molar-refractivity contribution in [3.8, 4) is 5.75 Å². The summed E-state index contributed by atoms with van der Waals surface area (Å²) in [6.07, 6.45) is 4.83. The molecule has 1 heterocycles. The Morgan fingerprint density at radius 2 is 2.09 bits per heavy atom. The summed E-state index contributed by atoms with van der Waals surface area (Å²) in [6, 6.07) is 7.26. The molecule has 1 amide bonds. The predicted molar refractivity (Wildman–Crippen MR) is 89.4 cm³/mol. The number of rotatable bonds is 7. The van der Waals surface area contributed by atoms with E-state index in [1.807, 2.05) is 18.2 Å². The van der Waals surface area contributed by atoms with Gasteiger partial charge in [0.2, 0.25) is 0 Å². The van der Waals surface area contributed by atoms with E-state index in [1.54, 1.807) is 13.2 Å². The van der Waals surface area contributed by atoms with Gasteiger partial charge in [-0.25, -0.2) is 0 Å². The maximum atomic E-state index is 12.0. The van der Waals surface area contributed by atoms with Crippen LogP contribution in [0.4, 0.5) is 0 Å². The van der Waals surface area contributed by atoms with Crippen molar-refractivity contribution in [3.05, 3.63) is 29.8 Å². The van der Waals surface area contributed by atoms with Gasteiger partial charge >= 0.3 is 0 Å². The molecule has 0 aromatic heterocycles. The fourth-order valence-electron chi connectivity index (χ4n) is 2.81. The average molecular weight is 304 g/mol. The van der Waals surface area contributed by atoms with Crippen LogP contribution in [0.15, 0.2) is 24.3 Å². The Morgan fingerprint density at radius 1 is 1.32 bits per heavy atom. The van der Waals surface area contributed by atoms with Crippen molar-refractivity contribution in [2.75, 3.05) is 33.3 Å². The minimum absolute atomic E-state index is 0.0225. The zero-order chi connectivity index (χ0) is 15.8. The maximum absolute atomic E-state index is 12.0. The van der Waals surface area contributed by atoms with Crippen LogP contribution in [0.3, 0.4) is 0 Å². The van der Waals surface area contributed by atoms with Crippen molar-refractivity contribution in [1.82, 2.24) is 10.2 Å². The number of likely N-dealkylation sites (tertiary alicyclic amines) is 1. The van der Waals surface area contributed by atoms with Crippen LogP contribution >= 0.6 is 0 Å². The highest BCUT2D eigenvalue weighted by atomic mass is 16.5. The number of unbranched alkanes of at least 4 members (excludes halogenated alkanes) is 1. The van der Waals surface area contributed by atoms with E-state index < -0.39 is 0 Å². The molecule has 1 aromatic carbocycles. The minimum Gasteiger partial charge on any atom is -0.497 e. The van der Waals surface area contributed by atoms with Crippen LogP contribution in [0.5, 0.6) is 5.75 Å². The second kappa shape index (κ2) is 8.79. The first-order chi connectivity index (χ1) is 10.7. The van der Waals surface area contributed by atoms with Gasteiger partial charge in [-0.15, -0.1) is 0 Å². The van der Waals surface area contributed by atoms with Crippen molar-refractivity contribution < 1.29 is 9.53 Å². The lowest BCUT2D eigenvalue weighted by atomic mass is 9.99. The number of nitrogens with one attached hydrogen (secondary N) is 1. The molecule has 1 saturated heterocycles. The van der Waals surface area contributed by atoms with Crippen LogP contribution < -0.4 is 10.1 Å². The number of benzene rings is 1. The van der Waals surface area contributed by atoms with Crippen molar-refractivity contribution >= 4 is 5.91 Å². The summed E-state index contributed by atoms with van der Waals surface area (Å²) in [5.41, 5.74) is 0.657. The summed E-state index contributed by atoms with van der Waals surface area (Å²) < 4.78 is 5.14. The number of carbonyl (C=O) groups excluding carboxylic acids is 1. The normalized spacial score (nSPS) is 16.5. The van der Waals surface area contributed by atoms with E-state index >= 15 is 0 Å². The average Bonchev–Trinajstić information content (AvgIpc) is 2.56. The molecule has 0 atom stereocenters. The molecule has 0 aliphatic carbocycles. The Labute approximate surface area is 133 Å². The molecular formula is C18H28N2O2. The molecule has 1 aliphatic rings. The van der Waals surface area contributed by atoms with Crippen LogP contribution in [-0.4, -0.2) is 44.1 Å². The molecule has 0 saturated carbocycles. The van der Waals surface area contributed by atoms with Gasteiger partial charge in [0.25, 0.3) is 5.91 Å². The molecule has 22 heavy (non-hydrogen) atoms. The Kier molecular flexibility index (Phi) is 6.72. The van der Waals surface area contributed by atoms with Crippen LogP contribution in [0.25, 0.3) is 0 Å². The van der Waals surface area contributed by atoms with E-state index in [0.29, 0.717) is 11.3 Å². The third-order valence-corrected chi connectivity index (χ3v) is 4.39. The number of carbonyl (C=O) groups is 1.